The van der Waals surface area contributed by atoms with Crippen LogP contribution in [0.4, 0.5) is 0 Å². The molecule has 2 aromatic carbocycles. The predicted molar refractivity (Wildman–Crippen MR) is 92.1 cm³/mol. The average molecular weight is 322 g/mol. The number of carboxylic acid groups (broad SMARTS) is 1. The molecule has 0 radical (unpaired) electrons. The molecule has 24 heavy (non-hydrogen) atoms. The molecule has 0 aliphatic heterocycles. The molecule has 1 aliphatic carbocycles. The maximum absolute atomic E-state index is 12.6. The van der Waals surface area contributed by atoms with Crippen LogP contribution < -0.4 is 5.32 Å². The summed E-state index contributed by atoms with van der Waals surface area (Å²) in [6, 6.07) is 13.9. The number of carbonyl (C=O) groups is 2. The lowest BCUT2D eigenvalue weighted by Crippen LogP contribution is -2.54. The predicted octanol–water partition coefficient (Wildman–Crippen LogP) is 3.45. The van der Waals surface area contributed by atoms with Gasteiger partial charge in [-0.15, -0.1) is 0 Å². The molecule has 0 saturated heterocycles. The minimum Gasteiger partial charge on any atom is -0.481 e. The number of amides is 1. The van der Waals surface area contributed by atoms with Crippen LogP contribution in [0.2, 0.25) is 0 Å². The quantitative estimate of drug-likeness (QED) is 0.688. The standard InChI is InChI=1S/C19H18N2O3/c22-17(23)11-19(8-3-9-19)21-18(24)16-10-14-13-5-2-1-4-12(13)6-7-15(14)20-16/h1-2,4-7,10,20H,3,8-9,11H2,(H,21,24)(H,22,23). The third kappa shape index (κ3) is 2.42. The number of H-pyrrole nitrogens is 1. The van der Waals surface area contributed by atoms with Crippen molar-refractivity contribution < 1.29 is 14.7 Å². The number of carbonyl (C=O) groups excluding carboxylic acids is 1. The van der Waals surface area contributed by atoms with Crippen molar-refractivity contribution in [1.29, 1.82) is 0 Å². The molecule has 0 bridgehead atoms. The summed E-state index contributed by atoms with van der Waals surface area (Å²) in [5.74, 6) is -1.12. The Kier molecular flexibility index (Phi) is 3.30. The SMILES string of the molecule is O=C(O)CC1(NC(=O)c2cc3c(ccc4ccccc43)[nH]2)CCC1. The highest BCUT2D eigenvalue weighted by Gasteiger charge is 2.40. The Labute approximate surface area is 138 Å². The molecule has 1 fully saturated rings. The van der Waals surface area contributed by atoms with Crippen molar-refractivity contribution in [3.05, 3.63) is 48.2 Å². The van der Waals surface area contributed by atoms with Crippen molar-refractivity contribution >= 4 is 33.6 Å². The monoisotopic (exact) mass is 322 g/mol. The minimum atomic E-state index is -0.877. The molecule has 1 amide bonds. The first kappa shape index (κ1) is 14.8. The summed E-state index contributed by atoms with van der Waals surface area (Å²) in [7, 11) is 0. The van der Waals surface area contributed by atoms with Crippen molar-refractivity contribution in [3.63, 3.8) is 0 Å². The van der Waals surface area contributed by atoms with Crippen LogP contribution in [0.25, 0.3) is 21.7 Å². The first-order chi connectivity index (χ1) is 11.6. The van der Waals surface area contributed by atoms with E-state index in [1.807, 2.05) is 42.5 Å². The number of aliphatic carboxylic acids is 1. The number of hydrogen-bond donors (Lipinski definition) is 3. The van der Waals surface area contributed by atoms with Crippen molar-refractivity contribution in [2.24, 2.45) is 0 Å². The van der Waals surface area contributed by atoms with Gasteiger partial charge in [-0.05, 0) is 42.2 Å². The van der Waals surface area contributed by atoms with Gasteiger partial charge in [-0.25, -0.2) is 0 Å². The van der Waals surface area contributed by atoms with Gasteiger partial charge in [-0.3, -0.25) is 9.59 Å². The zero-order valence-corrected chi connectivity index (χ0v) is 13.1. The molecule has 1 aliphatic rings. The van der Waals surface area contributed by atoms with Crippen LogP contribution in [0.5, 0.6) is 0 Å². The molecule has 5 heteroatoms. The summed E-state index contributed by atoms with van der Waals surface area (Å²) < 4.78 is 0. The highest BCUT2D eigenvalue weighted by Crippen LogP contribution is 2.35. The fourth-order valence-electron chi connectivity index (χ4n) is 3.56. The Hall–Kier alpha value is -2.82. The summed E-state index contributed by atoms with van der Waals surface area (Å²) in [6.07, 6.45) is 2.36. The van der Waals surface area contributed by atoms with Gasteiger partial charge in [0.05, 0.1) is 12.0 Å². The van der Waals surface area contributed by atoms with Crippen LogP contribution in [-0.2, 0) is 4.79 Å². The van der Waals surface area contributed by atoms with Crippen LogP contribution in [0, 0.1) is 0 Å². The van der Waals surface area contributed by atoms with Gasteiger partial charge in [0.2, 0.25) is 0 Å². The highest BCUT2D eigenvalue weighted by molar-refractivity contribution is 6.10. The first-order valence-electron chi connectivity index (χ1n) is 8.11. The number of aromatic amines is 1. The summed E-state index contributed by atoms with van der Waals surface area (Å²) >= 11 is 0. The van der Waals surface area contributed by atoms with Crippen molar-refractivity contribution in [1.82, 2.24) is 10.3 Å². The molecule has 0 spiro atoms. The smallest absolute Gasteiger partial charge is 0.305 e. The summed E-state index contributed by atoms with van der Waals surface area (Å²) in [6.45, 7) is 0. The Bertz CT molecular complexity index is 954. The van der Waals surface area contributed by atoms with Gasteiger partial charge in [0, 0.05) is 10.9 Å². The molecule has 122 valence electrons. The van der Waals surface area contributed by atoms with E-state index >= 15 is 0 Å². The van der Waals surface area contributed by atoms with E-state index in [1.165, 1.54) is 0 Å². The molecule has 3 N–H and O–H groups in total. The fraction of sp³-hybridized carbons (Fsp3) is 0.263. The zero-order valence-electron chi connectivity index (χ0n) is 13.1. The number of fused-ring (bicyclic) bond motifs is 3. The van der Waals surface area contributed by atoms with Crippen molar-refractivity contribution in [2.45, 2.75) is 31.2 Å². The number of hydrogen-bond acceptors (Lipinski definition) is 2. The molecule has 5 nitrogen and oxygen atoms in total. The largest absolute Gasteiger partial charge is 0.481 e. The van der Waals surface area contributed by atoms with Gasteiger partial charge < -0.3 is 15.4 Å². The maximum atomic E-state index is 12.6. The van der Waals surface area contributed by atoms with Crippen LogP contribution in [0.3, 0.4) is 0 Å². The Morgan fingerprint density at radius 3 is 2.62 bits per heavy atom. The molecule has 0 unspecified atom stereocenters. The van der Waals surface area contributed by atoms with Crippen molar-refractivity contribution in [3.8, 4) is 0 Å². The second kappa shape index (κ2) is 5.37. The van der Waals surface area contributed by atoms with E-state index in [0.717, 1.165) is 28.1 Å². The minimum absolute atomic E-state index is 0.0259. The summed E-state index contributed by atoms with van der Waals surface area (Å²) in [5.41, 5.74) is 0.778. The molecule has 4 rings (SSSR count). The number of carboxylic acids is 1. The van der Waals surface area contributed by atoms with Gasteiger partial charge in [0.1, 0.15) is 5.69 Å². The summed E-state index contributed by atoms with van der Waals surface area (Å²) in [4.78, 5) is 26.8. The number of rotatable bonds is 4. The van der Waals surface area contributed by atoms with Gasteiger partial charge in [-0.1, -0.05) is 30.3 Å². The highest BCUT2D eigenvalue weighted by atomic mass is 16.4. The third-order valence-corrected chi connectivity index (χ3v) is 4.95. The number of benzene rings is 2. The van der Waals surface area contributed by atoms with Crippen molar-refractivity contribution in [2.75, 3.05) is 0 Å². The maximum Gasteiger partial charge on any atom is 0.305 e. The Morgan fingerprint density at radius 2 is 1.92 bits per heavy atom. The van der Waals surface area contributed by atoms with Crippen LogP contribution in [-0.4, -0.2) is 27.5 Å². The Morgan fingerprint density at radius 1 is 1.12 bits per heavy atom. The lowest BCUT2D eigenvalue weighted by atomic mass is 9.74. The van der Waals surface area contributed by atoms with Crippen LogP contribution in [0.1, 0.15) is 36.2 Å². The van der Waals surface area contributed by atoms with E-state index in [1.54, 1.807) is 0 Å². The number of aromatic nitrogens is 1. The van der Waals surface area contributed by atoms with E-state index in [4.69, 9.17) is 5.11 Å². The van der Waals surface area contributed by atoms with Gasteiger partial charge >= 0.3 is 5.97 Å². The summed E-state index contributed by atoms with van der Waals surface area (Å²) in [5, 5.41) is 15.2. The normalized spacial score (nSPS) is 16.0. The van der Waals surface area contributed by atoms with Gasteiger partial charge in [0.25, 0.3) is 5.91 Å². The lowest BCUT2D eigenvalue weighted by Gasteiger charge is -2.41. The third-order valence-electron chi connectivity index (χ3n) is 4.95. The van der Waals surface area contributed by atoms with Gasteiger partial charge in [0.15, 0.2) is 0 Å². The van der Waals surface area contributed by atoms with E-state index in [2.05, 4.69) is 10.3 Å². The van der Waals surface area contributed by atoms with Gasteiger partial charge in [-0.2, -0.15) is 0 Å². The van der Waals surface area contributed by atoms with E-state index in [0.29, 0.717) is 18.5 Å². The van der Waals surface area contributed by atoms with E-state index in [-0.39, 0.29) is 12.3 Å². The van der Waals surface area contributed by atoms with Crippen LogP contribution >= 0.6 is 0 Å². The lowest BCUT2D eigenvalue weighted by molar-refractivity contribution is -0.139. The van der Waals surface area contributed by atoms with E-state index < -0.39 is 11.5 Å². The average Bonchev–Trinajstić information content (AvgIpc) is 2.97. The second-order valence-electron chi connectivity index (χ2n) is 6.59. The Balaban J connectivity index is 1.67. The fourth-order valence-corrected chi connectivity index (χ4v) is 3.56. The molecule has 3 aromatic rings. The molecule has 1 saturated carbocycles. The van der Waals surface area contributed by atoms with Crippen LogP contribution in [0.15, 0.2) is 42.5 Å². The second-order valence-corrected chi connectivity index (χ2v) is 6.59. The molecular weight excluding hydrogens is 304 g/mol. The molecular formula is C19H18N2O3. The molecule has 1 heterocycles. The number of nitrogens with one attached hydrogen (secondary N) is 2. The molecule has 1 aromatic heterocycles. The first-order valence-corrected chi connectivity index (χ1v) is 8.11. The topological polar surface area (TPSA) is 82.2 Å². The van der Waals surface area contributed by atoms with E-state index in [9.17, 15) is 9.59 Å². The molecule has 0 atom stereocenters. The zero-order chi connectivity index (χ0) is 16.7.